The van der Waals surface area contributed by atoms with Crippen LogP contribution in [-0.2, 0) is 6.54 Å². The number of hydrogen-bond acceptors (Lipinski definition) is 6. The summed E-state index contributed by atoms with van der Waals surface area (Å²) in [7, 11) is 0. The van der Waals surface area contributed by atoms with E-state index >= 15 is 0 Å². The van der Waals surface area contributed by atoms with E-state index in [2.05, 4.69) is 15.2 Å². The number of aryl methyl sites for hydroxylation is 2. The number of thiophene rings is 1. The van der Waals surface area contributed by atoms with Crippen molar-refractivity contribution < 1.29 is 9.90 Å². The number of aliphatic hydroxyl groups excluding tert-OH is 1. The third kappa shape index (κ3) is 3.98. The monoisotopic (exact) mass is 351 g/mol. The molecule has 0 radical (unpaired) electrons. The summed E-state index contributed by atoms with van der Waals surface area (Å²) in [6.45, 7) is 6.19. The van der Waals surface area contributed by atoms with Crippen LogP contribution in [-0.4, -0.2) is 46.1 Å². The van der Waals surface area contributed by atoms with Crippen molar-refractivity contribution in [2.24, 2.45) is 0 Å². The van der Waals surface area contributed by atoms with Crippen molar-refractivity contribution in [3.63, 3.8) is 0 Å². The molecule has 2 atom stereocenters. The number of rotatable bonds is 4. The van der Waals surface area contributed by atoms with Crippen LogP contribution < -0.4 is 5.32 Å². The van der Waals surface area contributed by atoms with Crippen LogP contribution in [0.3, 0.4) is 0 Å². The highest BCUT2D eigenvalue weighted by Gasteiger charge is 2.29. The van der Waals surface area contributed by atoms with Crippen molar-refractivity contribution >= 4 is 28.6 Å². The Kier molecular flexibility index (Phi) is 5.11. The molecule has 124 valence electrons. The first kappa shape index (κ1) is 16.6. The number of hydrogen-bond donors (Lipinski definition) is 2. The Balaban J connectivity index is 1.55. The minimum absolute atomic E-state index is 0.0804. The van der Waals surface area contributed by atoms with Gasteiger partial charge >= 0.3 is 0 Å². The zero-order chi connectivity index (χ0) is 16.4. The van der Waals surface area contributed by atoms with Gasteiger partial charge in [-0.3, -0.25) is 9.69 Å². The average Bonchev–Trinajstić information content (AvgIpc) is 3.13. The molecular weight excluding hydrogens is 330 g/mol. The largest absolute Gasteiger partial charge is 0.390 e. The summed E-state index contributed by atoms with van der Waals surface area (Å²) < 4.78 is 0. The van der Waals surface area contributed by atoms with Gasteiger partial charge in [0, 0.05) is 29.9 Å². The molecule has 2 aromatic rings. The molecule has 5 nitrogen and oxygen atoms in total. The number of carbonyl (C=O) groups is 1. The lowest BCUT2D eigenvalue weighted by atomic mass is 10.0. The number of amides is 1. The molecule has 0 saturated carbocycles. The van der Waals surface area contributed by atoms with Gasteiger partial charge in [0.1, 0.15) is 0 Å². The molecular formula is C16H21N3O2S2. The van der Waals surface area contributed by atoms with Gasteiger partial charge in [-0.15, -0.1) is 22.7 Å². The SMILES string of the molecule is Cc1cc(C(=O)N[C@@H]2CCN(Cc3cscn3)C[C@H]2O)sc1C. The maximum Gasteiger partial charge on any atom is 0.261 e. The molecule has 0 aliphatic carbocycles. The van der Waals surface area contributed by atoms with Crippen molar-refractivity contribution in [2.75, 3.05) is 13.1 Å². The lowest BCUT2D eigenvalue weighted by molar-refractivity contribution is 0.0347. The number of nitrogens with zero attached hydrogens (tertiary/aromatic N) is 2. The van der Waals surface area contributed by atoms with Gasteiger partial charge in [-0.1, -0.05) is 0 Å². The molecule has 0 bridgehead atoms. The van der Waals surface area contributed by atoms with Crippen LogP contribution >= 0.6 is 22.7 Å². The molecule has 23 heavy (non-hydrogen) atoms. The second-order valence-corrected chi connectivity index (χ2v) is 7.98. The summed E-state index contributed by atoms with van der Waals surface area (Å²) >= 11 is 3.09. The van der Waals surface area contributed by atoms with Crippen LogP contribution in [0.5, 0.6) is 0 Å². The van der Waals surface area contributed by atoms with Crippen LogP contribution in [0.1, 0.15) is 32.2 Å². The molecule has 0 spiro atoms. The number of piperidine rings is 1. The predicted molar refractivity (Wildman–Crippen MR) is 93.1 cm³/mol. The van der Waals surface area contributed by atoms with Gasteiger partial charge in [0.25, 0.3) is 5.91 Å². The van der Waals surface area contributed by atoms with Crippen LogP contribution in [0.4, 0.5) is 0 Å². The highest BCUT2D eigenvalue weighted by molar-refractivity contribution is 7.14. The number of β-amino-alcohol motifs (C(OH)–C–C–N with tert-alkyl or cyclic N) is 1. The van der Waals surface area contributed by atoms with E-state index < -0.39 is 6.10 Å². The Morgan fingerprint density at radius 1 is 1.52 bits per heavy atom. The molecule has 2 aromatic heterocycles. The van der Waals surface area contributed by atoms with E-state index in [4.69, 9.17) is 0 Å². The molecule has 3 heterocycles. The van der Waals surface area contributed by atoms with Crippen LogP contribution in [0, 0.1) is 13.8 Å². The molecule has 1 aliphatic heterocycles. The van der Waals surface area contributed by atoms with Gasteiger partial charge in [0.05, 0.1) is 28.2 Å². The summed E-state index contributed by atoms with van der Waals surface area (Å²) in [5, 5.41) is 15.4. The molecule has 1 fully saturated rings. The van der Waals surface area contributed by atoms with Gasteiger partial charge in [-0.25, -0.2) is 4.98 Å². The number of aromatic nitrogens is 1. The summed E-state index contributed by atoms with van der Waals surface area (Å²) in [4.78, 5) is 20.7. The Morgan fingerprint density at radius 2 is 2.35 bits per heavy atom. The fourth-order valence-corrected chi connectivity index (χ4v) is 4.27. The Labute approximate surface area is 144 Å². The van der Waals surface area contributed by atoms with E-state index in [1.807, 2.05) is 30.8 Å². The smallest absolute Gasteiger partial charge is 0.261 e. The third-order valence-corrected chi connectivity index (χ3v) is 6.03. The van der Waals surface area contributed by atoms with Crippen molar-refractivity contribution in [3.05, 3.63) is 38.0 Å². The standard InChI is InChI=1S/C16H21N3O2S2/c1-10-5-15(23-11(10)2)16(21)18-13-3-4-19(7-14(13)20)6-12-8-22-9-17-12/h5,8-9,13-14,20H,3-4,6-7H2,1-2H3,(H,18,21)/t13-,14-/m1/s1. The van der Waals surface area contributed by atoms with Gasteiger partial charge < -0.3 is 10.4 Å². The average molecular weight is 351 g/mol. The van der Waals surface area contributed by atoms with Crippen LogP contribution in [0.25, 0.3) is 0 Å². The molecule has 3 rings (SSSR count). The van der Waals surface area contributed by atoms with Crippen molar-refractivity contribution in [1.82, 2.24) is 15.2 Å². The van der Waals surface area contributed by atoms with Crippen LogP contribution in [0.2, 0.25) is 0 Å². The molecule has 0 aromatic carbocycles. The maximum atomic E-state index is 12.3. The summed E-state index contributed by atoms with van der Waals surface area (Å²) in [6.07, 6.45) is 0.203. The Hall–Kier alpha value is -1.28. The minimum atomic E-state index is -0.548. The normalized spacial score (nSPS) is 22.2. The highest BCUT2D eigenvalue weighted by atomic mass is 32.1. The molecule has 1 aliphatic rings. The Bertz CT molecular complexity index is 649. The van der Waals surface area contributed by atoms with Gasteiger partial charge in [-0.05, 0) is 31.9 Å². The summed E-state index contributed by atoms with van der Waals surface area (Å²) in [6, 6.07) is 1.73. The minimum Gasteiger partial charge on any atom is -0.390 e. The number of nitrogens with one attached hydrogen (secondary N) is 1. The Morgan fingerprint density at radius 3 is 2.96 bits per heavy atom. The van der Waals surface area contributed by atoms with Gasteiger partial charge in [0.15, 0.2) is 0 Å². The van der Waals surface area contributed by atoms with Gasteiger partial charge in [-0.2, -0.15) is 0 Å². The molecule has 1 amide bonds. The van der Waals surface area contributed by atoms with E-state index in [0.29, 0.717) is 6.54 Å². The second-order valence-electron chi connectivity index (χ2n) is 6.00. The zero-order valence-corrected chi connectivity index (χ0v) is 14.9. The summed E-state index contributed by atoms with van der Waals surface area (Å²) in [5.74, 6) is -0.0804. The van der Waals surface area contributed by atoms with Gasteiger partial charge in [0.2, 0.25) is 0 Å². The highest BCUT2D eigenvalue weighted by Crippen LogP contribution is 2.21. The van der Waals surface area contributed by atoms with E-state index in [1.54, 1.807) is 11.3 Å². The van der Waals surface area contributed by atoms with E-state index in [1.165, 1.54) is 11.3 Å². The topological polar surface area (TPSA) is 65.5 Å². The molecule has 0 unspecified atom stereocenters. The quantitative estimate of drug-likeness (QED) is 0.886. The fraction of sp³-hybridized carbons (Fsp3) is 0.500. The van der Waals surface area contributed by atoms with E-state index in [9.17, 15) is 9.90 Å². The van der Waals surface area contributed by atoms with Crippen molar-refractivity contribution in [3.8, 4) is 0 Å². The van der Waals surface area contributed by atoms with Crippen molar-refractivity contribution in [2.45, 2.75) is 39.0 Å². The second kappa shape index (κ2) is 7.09. The third-order valence-electron chi connectivity index (χ3n) is 4.24. The van der Waals surface area contributed by atoms with Crippen LogP contribution in [0.15, 0.2) is 17.0 Å². The molecule has 2 N–H and O–H groups in total. The molecule has 1 saturated heterocycles. The summed E-state index contributed by atoms with van der Waals surface area (Å²) in [5.41, 5.74) is 4.00. The van der Waals surface area contributed by atoms with E-state index in [0.717, 1.165) is 40.5 Å². The lowest BCUT2D eigenvalue weighted by Gasteiger charge is -2.35. The first-order valence-corrected chi connectivity index (χ1v) is 9.44. The maximum absolute atomic E-state index is 12.3. The van der Waals surface area contributed by atoms with Crippen molar-refractivity contribution in [1.29, 1.82) is 0 Å². The fourth-order valence-electron chi connectivity index (χ4n) is 2.78. The zero-order valence-electron chi connectivity index (χ0n) is 13.3. The number of likely N-dealkylation sites (tertiary alicyclic amines) is 1. The number of thiazole rings is 1. The first-order valence-electron chi connectivity index (χ1n) is 7.68. The lowest BCUT2D eigenvalue weighted by Crippen LogP contribution is -2.53. The first-order chi connectivity index (χ1) is 11.0. The number of carbonyl (C=O) groups excluding carboxylic acids is 1. The number of aliphatic hydroxyl groups is 1. The predicted octanol–water partition coefficient (Wildman–Crippen LogP) is 2.19. The molecule has 7 heteroatoms. The van der Waals surface area contributed by atoms with E-state index in [-0.39, 0.29) is 11.9 Å².